The minimum Gasteiger partial charge on any atom is -0.388 e. The van der Waals surface area contributed by atoms with Gasteiger partial charge < -0.3 is 10.6 Å². The van der Waals surface area contributed by atoms with Crippen LogP contribution < -0.4 is 10.6 Å². The third kappa shape index (κ3) is 7.50. The van der Waals surface area contributed by atoms with Gasteiger partial charge in [0.2, 0.25) is 0 Å². The van der Waals surface area contributed by atoms with Crippen molar-refractivity contribution >= 4 is 0 Å². The highest BCUT2D eigenvalue weighted by molar-refractivity contribution is 4.83. The van der Waals surface area contributed by atoms with E-state index in [1.807, 2.05) is 6.92 Å². The van der Waals surface area contributed by atoms with Crippen molar-refractivity contribution in [3.05, 3.63) is 12.3 Å². The zero-order valence-electron chi connectivity index (χ0n) is 7.04. The summed E-state index contributed by atoms with van der Waals surface area (Å²) in [5.41, 5.74) is 1.04. The van der Waals surface area contributed by atoms with Crippen LogP contribution in [-0.2, 0) is 0 Å². The molecule has 0 rings (SSSR count). The number of rotatable bonds is 6. The van der Waals surface area contributed by atoms with Gasteiger partial charge in [0.25, 0.3) is 0 Å². The Kier molecular flexibility index (Phi) is 6.29. The smallest absolute Gasteiger partial charge is 0.0268 e. The van der Waals surface area contributed by atoms with Crippen molar-refractivity contribution < 1.29 is 0 Å². The summed E-state index contributed by atoms with van der Waals surface area (Å²) in [6, 6.07) is 0. The molecule has 0 saturated carbocycles. The topological polar surface area (TPSA) is 24.1 Å². The highest BCUT2D eigenvalue weighted by atomic mass is 14.9. The van der Waals surface area contributed by atoms with Crippen LogP contribution in [0.2, 0.25) is 0 Å². The van der Waals surface area contributed by atoms with E-state index in [-0.39, 0.29) is 0 Å². The van der Waals surface area contributed by atoms with Crippen LogP contribution in [0, 0.1) is 0 Å². The Morgan fingerprint density at radius 2 is 2.00 bits per heavy atom. The summed E-state index contributed by atoms with van der Waals surface area (Å²) in [5, 5.41) is 6.43. The third-order valence-corrected chi connectivity index (χ3v) is 1.16. The Hall–Kier alpha value is -0.500. The molecule has 0 aliphatic heterocycles. The summed E-state index contributed by atoms with van der Waals surface area (Å²) in [4.78, 5) is 0. The van der Waals surface area contributed by atoms with E-state index in [0.717, 1.165) is 25.3 Å². The summed E-state index contributed by atoms with van der Waals surface area (Å²) in [5.74, 6) is 0. The molecule has 60 valence electrons. The second-order valence-electron chi connectivity index (χ2n) is 2.46. The molecule has 0 heterocycles. The molecule has 2 nitrogen and oxygen atoms in total. The number of nitrogens with one attached hydrogen (secondary N) is 2. The number of allylic oxidation sites excluding steroid dienone is 1. The van der Waals surface area contributed by atoms with Crippen LogP contribution in [-0.4, -0.2) is 19.6 Å². The summed E-state index contributed by atoms with van der Waals surface area (Å²) < 4.78 is 0. The fourth-order valence-corrected chi connectivity index (χ4v) is 0.666. The van der Waals surface area contributed by atoms with E-state index in [4.69, 9.17) is 0 Å². The maximum atomic E-state index is 3.73. The van der Waals surface area contributed by atoms with E-state index in [9.17, 15) is 0 Å². The molecule has 0 radical (unpaired) electrons. The average molecular weight is 142 g/mol. The summed E-state index contributed by atoms with van der Waals surface area (Å²) in [6.45, 7) is 11.0. The lowest BCUT2D eigenvalue weighted by atomic mass is 10.4. The molecule has 10 heavy (non-hydrogen) atoms. The molecule has 2 N–H and O–H groups in total. The lowest BCUT2D eigenvalue weighted by molar-refractivity contribution is 0.643. The molecule has 0 unspecified atom stereocenters. The molecule has 0 aromatic carbocycles. The molecule has 0 atom stereocenters. The minimum absolute atomic E-state index is 0.981. The van der Waals surface area contributed by atoms with Gasteiger partial charge in [-0.3, -0.25) is 0 Å². The van der Waals surface area contributed by atoms with E-state index < -0.39 is 0 Å². The van der Waals surface area contributed by atoms with E-state index in [1.165, 1.54) is 6.42 Å². The van der Waals surface area contributed by atoms with Crippen molar-refractivity contribution in [3.63, 3.8) is 0 Å². The van der Waals surface area contributed by atoms with Gasteiger partial charge in [-0.05, 0) is 19.9 Å². The van der Waals surface area contributed by atoms with Crippen LogP contribution in [0.4, 0.5) is 0 Å². The van der Waals surface area contributed by atoms with Crippen molar-refractivity contribution in [2.45, 2.75) is 20.3 Å². The SMILES string of the molecule is C=C(C)NCCNCCC. The second kappa shape index (κ2) is 6.62. The fraction of sp³-hybridized carbons (Fsp3) is 0.750. The highest BCUT2D eigenvalue weighted by Gasteiger charge is 1.83. The molecule has 0 aliphatic carbocycles. The Labute approximate surface area is 63.7 Å². The van der Waals surface area contributed by atoms with Crippen molar-refractivity contribution in [1.29, 1.82) is 0 Å². The molecule has 0 spiro atoms. The average Bonchev–Trinajstić information content (AvgIpc) is 1.87. The van der Waals surface area contributed by atoms with Crippen molar-refractivity contribution in [3.8, 4) is 0 Å². The summed E-state index contributed by atoms with van der Waals surface area (Å²) in [6.07, 6.45) is 1.20. The molecular weight excluding hydrogens is 124 g/mol. The largest absolute Gasteiger partial charge is 0.388 e. The predicted octanol–water partition coefficient (Wildman–Crippen LogP) is 1.11. The van der Waals surface area contributed by atoms with Crippen LogP contribution in [0.1, 0.15) is 20.3 Å². The minimum atomic E-state index is 0.981. The van der Waals surface area contributed by atoms with Crippen LogP contribution in [0.3, 0.4) is 0 Å². The van der Waals surface area contributed by atoms with Gasteiger partial charge in [0.1, 0.15) is 0 Å². The first-order valence-electron chi connectivity index (χ1n) is 3.87. The van der Waals surface area contributed by atoms with E-state index >= 15 is 0 Å². The van der Waals surface area contributed by atoms with Gasteiger partial charge in [0.05, 0.1) is 0 Å². The molecule has 0 bridgehead atoms. The van der Waals surface area contributed by atoms with E-state index in [2.05, 4.69) is 24.1 Å². The summed E-state index contributed by atoms with van der Waals surface area (Å²) >= 11 is 0. The molecule has 0 fully saturated rings. The van der Waals surface area contributed by atoms with Crippen LogP contribution in [0.25, 0.3) is 0 Å². The van der Waals surface area contributed by atoms with Gasteiger partial charge in [-0.25, -0.2) is 0 Å². The van der Waals surface area contributed by atoms with E-state index in [0.29, 0.717) is 0 Å². The van der Waals surface area contributed by atoms with Crippen molar-refractivity contribution in [2.24, 2.45) is 0 Å². The van der Waals surface area contributed by atoms with Gasteiger partial charge in [-0.2, -0.15) is 0 Å². The van der Waals surface area contributed by atoms with Crippen molar-refractivity contribution in [1.82, 2.24) is 10.6 Å². The van der Waals surface area contributed by atoms with E-state index in [1.54, 1.807) is 0 Å². The zero-order valence-corrected chi connectivity index (χ0v) is 7.04. The van der Waals surface area contributed by atoms with Gasteiger partial charge in [0.15, 0.2) is 0 Å². The molecule has 0 aromatic rings. The van der Waals surface area contributed by atoms with Crippen LogP contribution in [0.5, 0.6) is 0 Å². The second-order valence-corrected chi connectivity index (χ2v) is 2.46. The van der Waals surface area contributed by atoms with Gasteiger partial charge >= 0.3 is 0 Å². The molecular formula is C8H18N2. The Morgan fingerprint density at radius 3 is 2.50 bits per heavy atom. The maximum absolute atomic E-state index is 3.73. The standard InChI is InChI=1S/C8H18N2/c1-4-5-9-6-7-10-8(2)3/h9-10H,2,4-7H2,1,3H3. The monoisotopic (exact) mass is 142 g/mol. The number of hydrogen-bond donors (Lipinski definition) is 2. The maximum Gasteiger partial charge on any atom is 0.0268 e. The predicted molar refractivity (Wildman–Crippen MR) is 46.0 cm³/mol. The first-order valence-corrected chi connectivity index (χ1v) is 3.87. The normalized spacial score (nSPS) is 9.40. The molecule has 0 amide bonds. The molecule has 0 aliphatic rings. The Morgan fingerprint density at radius 1 is 1.30 bits per heavy atom. The van der Waals surface area contributed by atoms with Crippen LogP contribution in [0.15, 0.2) is 12.3 Å². The first-order chi connectivity index (χ1) is 4.77. The highest BCUT2D eigenvalue weighted by Crippen LogP contribution is 1.75. The zero-order chi connectivity index (χ0) is 7.82. The number of hydrogen-bond acceptors (Lipinski definition) is 2. The lowest BCUT2D eigenvalue weighted by Crippen LogP contribution is -2.26. The van der Waals surface area contributed by atoms with Crippen molar-refractivity contribution in [2.75, 3.05) is 19.6 Å². The lowest BCUT2D eigenvalue weighted by Gasteiger charge is -2.04. The fourth-order valence-electron chi connectivity index (χ4n) is 0.666. The van der Waals surface area contributed by atoms with Gasteiger partial charge in [-0.15, -0.1) is 0 Å². The van der Waals surface area contributed by atoms with Gasteiger partial charge in [-0.1, -0.05) is 13.5 Å². The molecule has 0 aromatic heterocycles. The third-order valence-electron chi connectivity index (χ3n) is 1.16. The first kappa shape index (κ1) is 9.50. The molecule has 0 saturated heterocycles. The Balaban J connectivity index is 2.84. The molecule has 2 heteroatoms. The summed E-state index contributed by atoms with van der Waals surface area (Å²) in [7, 11) is 0. The quantitative estimate of drug-likeness (QED) is 0.543. The van der Waals surface area contributed by atoms with Gasteiger partial charge in [0, 0.05) is 18.8 Å². The van der Waals surface area contributed by atoms with Crippen LogP contribution >= 0.6 is 0 Å². The Bertz CT molecular complexity index is 89.3.